The maximum atomic E-state index is 10.1. The van der Waals surface area contributed by atoms with Crippen LogP contribution in [0.1, 0.15) is 19.8 Å². The lowest BCUT2D eigenvalue weighted by Crippen LogP contribution is -2.04. The molecule has 0 atom stereocenters. The minimum atomic E-state index is -0.423. The van der Waals surface area contributed by atoms with E-state index in [1.54, 1.807) is 0 Å². The van der Waals surface area contributed by atoms with Gasteiger partial charge in [-0.25, -0.2) is 4.79 Å². The SMILES string of the molecule is CC(=O)OOCCCCN. The minimum absolute atomic E-state index is 0.423. The first-order chi connectivity index (χ1) is 4.77. The smallest absolute Gasteiger partial charge is 0.330 e. The minimum Gasteiger partial charge on any atom is -0.330 e. The highest BCUT2D eigenvalue weighted by Crippen LogP contribution is 1.88. The van der Waals surface area contributed by atoms with Gasteiger partial charge in [0.25, 0.3) is 0 Å². The number of nitrogens with two attached hydrogens (primary N) is 1. The average Bonchev–Trinajstić information content (AvgIpc) is 1.87. The van der Waals surface area contributed by atoms with Crippen LogP contribution in [0.25, 0.3) is 0 Å². The molecule has 0 aliphatic heterocycles. The summed E-state index contributed by atoms with van der Waals surface area (Å²) in [4.78, 5) is 18.8. The first-order valence-electron chi connectivity index (χ1n) is 3.27. The summed E-state index contributed by atoms with van der Waals surface area (Å²) in [5.74, 6) is -0.423. The summed E-state index contributed by atoms with van der Waals surface area (Å²) >= 11 is 0. The molecule has 10 heavy (non-hydrogen) atoms. The third-order valence-corrected chi connectivity index (χ3v) is 0.858. The third kappa shape index (κ3) is 7.39. The van der Waals surface area contributed by atoms with Crippen LogP contribution in [0.4, 0.5) is 0 Å². The molecular formula is C6H13NO3. The average molecular weight is 147 g/mol. The Morgan fingerprint density at radius 1 is 1.50 bits per heavy atom. The van der Waals surface area contributed by atoms with Gasteiger partial charge in [0.05, 0.1) is 6.61 Å². The molecule has 0 radical (unpaired) electrons. The number of hydrogen-bond donors (Lipinski definition) is 1. The van der Waals surface area contributed by atoms with Crippen LogP contribution in [0.15, 0.2) is 0 Å². The molecule has 0 heterocycles. The molecule has 4 heteroatoms. The molecule has 0 aromatic rings. The van der Waals surface area contributed by atoms with E-state index in [0.29, 0.717) is 13.2 Å². The predicted molar refractivity (Wildman–Crippen MR) is 36.0 cm³/mol. The fourth-order valence-electron chi connectivity index (χ4n) is 0.430. The van der Waals surface area contributed by atoms with Crippen molar-refractivity contribution in [1.82, 2.24) is 0 Å². The maximum Gasteiger partial charge on any atom is 0.339 e. The molecule has 0 aromatic carbocycles. The highest BCUT2D eigenvalue weighted by molar-refractivity contribution is 5.65. The molecule has 60 valence electrons. The van der Waals surface area contributed by atoms with Crippen molar-refractivity contribution in [1.29, 1.82) is 0 Å². The zero-order chi connectivity index (χ0) is 7.82. The molecule has 0 aliphatic carbocycles. The molecule has 0 bridgehead atoms. The van der Waals surface area contributed by atoms with Gasteiger partial charge in [0, 0.05) is 6.92 Å². The number of carbonyl (C=O) groups excluding carboxylic acids is 1. The van der Waals surface area contributed by atoms with Gasteiger partial charge in [-0.2, -0.15) is 4.89 Å². The zero-order valence-electron chi connectivity index (χ0n) is 6.13. The number of hydrogen-bond acceptors (Lipinski definition) is 4. The van der Waals surface area contributed by atoms with Crippen molar-refractivity contribution in [2.24, 2.45) is 5.73 Å². The third-order valence-electron chi connectivity index (χ3n) is 0.858. The summed E-state index contributed by atoms with van der Waals surface area (Å²) in [6.07, 6.45) is 1.71. The van der Waals surface area contributed by atoms with Crippen LogP contribution in [-0.4, -0.2) is 19.1 Å². The van der Waals surface area contributed by atoms with Crippen LogP contribution in [-0.2, 0) is 14.6 Å². The summed E-state index contributed by atoms with van der Waals surface area (Å²) in [5, 5.41) is 0. The van der Waals surface area contributed by atoms with E-state index < -0.39 is 5.97 Å². The van der Waals surface area contributed by atoms with E-state index in [9.17, 15) is 4.79 Å². The molecule has 0 aliphatic rings. The lowest BCUT2D eigenvalue weighted by atomic mass is 10.3. The van der Waals surface area contributed by atoms with Crippen molar-refractivity contribution in [2.45, 2.75) is 19.8 Å². The zero-order valence-corrected chi connectivity index (χ0v) is 6.13. The first kappa shape index (κ1) is 9.39. The quantitative estimate of drug-likeness (QED) is 0.343. The normalized spacial score (nSPS) is 9.40. The van der Waals surface area contributed by atoms with Gasteiger partial charge >= 0.3 is 5.97 Å². The summed E-state index contributed by atoms with van der Waals surface area (Å²) in [6.45, 7) is 2.36. The van der Waals surface area contributed by atoms with Crippen molar-refractivity contribution in [3.63, 3.8) is 0 Å². The molecule has 0 rings (SSSR count). The lowest BCUT2D eigenvalue weighted by molar-refractivity contribution is -0.270. The molecule has 2 N–H and O–H groups in total. The van der Waals surface area contributed by atoms with E-state index in [1.807, 2.05) is 0 Å². The summed E-state index contributed by atoms with van der Waals surface area (Å²) < 4.78 is 0. The van der Waals surface area contributed by atoms with Crippen molar-refractivity contribution in [2.75, 3.05) is 13.2 Å². The van der Waals surface area contributed by atoms with Crippen molar-refractivity contribution in [3.05, 3.63) is 0 Å². The van der Waals surface area contributed by atoms with Crippen molar-refractivity contribution in [3.8, 4) is 0 Å². The monoisotopic (exact) mass is 147 g/mol. The predicted octanol–water partition coefficient (Wildman–Crippen LogP) is 0.220. The van der Waals surface area contributed by atoms with Gasteiger partial charge in [-0.05, 0) is 19.4 Å². The van der Waals surface area contributed by atoms with Crippen LogP contribution in [0.5, 0.6) is 0 Å². The summed E-state index contributed by atoms with van der Waals surface area (Å²) in [5.41, 5.74) is 5.21. The largest absolute Gasteiger partial charge is 0.339 e. The van der Waals surface area contributed by atoms with E-state index in [2.05, 4.69) is 9.78 Å². The topological polar surface area (TPSA) is 61.5 Å². The van der Waals surface area contributed by atoms with E-state index in [1.165, 1.54) is 6.92 Å². The van der Waals surface area contributed by atoms with Gasteiger partial charge < -0.3 is 5.73 Å². The van der Waals surface area contributed by atoms with Gasteiger partial charge in [-0.1, -0.05) is 0 Å². The second-order valence-electron chi connectivity index (χ2n) is 1.89. The Hall–Kier alpha value is -0.610. The Morgan fingerprint density at radius 2 is 2.20 bits per heavy atom. The summed E-state index contributed by atoms with van der Waals surface area (Å²) in [6, 6.07) is 0. The van der Waals surface area contributed by atoms with Crippen LogP contribution < -0.4 is 5.73 Å². The van der Waals surface area contributed by atoms with Gasteiger partial charge in [-0.3, -0.25) is 4.89 Å². The standard InChI is InChI=1S/C6H13NO3/c1-6(8)10-9-5-3-2-4-7/h2-5,7H2,1H3. The molecular weight excluding hydrogens is 134 g/mol. The highest BCUT2D eigenvalue weighted by atomic mass is 17.2. The molecule has 0 fully saturated rings. The van der Waals surface area contributed by atoms with E-state index in [-0.39, 0.29) is 0 Å². The molecule has 0 saturated heterocycles. The molecule has 0 spiro atoms. The number of unbranched alkanes of at least 4 members (excludes halogenated alkanes) is 1. The van der Waals surface area contributed by atoms with Gasteiger partial charge in [0.15, 0.2) is 0 Å². The van der Waals surface area contributed by atoms with Gasteiger partial charge in [0.2, 0.25) is 0 Å². The highest BCUT2D eigenvalue weighted by Gasteiger charge is 1.92. The van der Waals surface area contributed by atoms with E-state index >= 15 is 0 Å². The van der Waals surface area contributed by atoms with Crippen molar-refractivity contribution >= 4 is 5.97 Å². The Balaban J connectivity index is 2.84. The van der Waals surface area contributed by atoms with E-state index in [0.717, 1.165) is 12.8 Å². The Labute approximate surface area is 60.2 Å². The van der Waals surface area contributed by atoms with Gasteiger partial charge in [0.1, 0.15) is 0 Å². The molecule has 0 aromatic heterocycles. The maximum absolute atomic E-state index is 10.1. The second-order valence-corrected chi connectivity index (χ2v) is 1.89. The lowest BCUT2D eigenvalue weighted by Gasteiger charge is -1.98. The first-order valence-corrected chi connectivity index (χ1v) is 3.27. The Morgan fingerprint density at radius 3 is 2.70 bits per heavy atom. The Kier molecular flexibility index (Phi) is 6.11. The molecule has 0 amide bonds. The van der Waals surface area contributed by atoms with Crippen LogP contribution >= 0.6 is 0 Å². The Bertz CT molecular complexity index is 95.0. The van der Waals surface area contributed by atoms with Crippen LogP contribution in [0.2, 0.25) is 0 Å². The number of carbonyl (C=O) groups is 1. The molecule has 4 nitrogen and oxygen atoms in total. The van der Waals surface area contributed by atoms with Crippen LogP contribution in [0, 0.1) is 0 Å². The van der Waals surface area contributed by atoms with E-state index in [4.69, 9.17) is 5.73 Å². The van der Waals surface area contributed by atoms with Crippen molar-refractivity contribution < 1.29 is 14.6 Å². The fourth-order valence-corrected chi connectivity index (χ4v) is 0.430. The molecule has 0 saturated carbocycles. The van der Waals surface area contributed by atoms with Gasteiger partial charge in [-0.15, -0.1) is 0 Å². The van der Waals surface area contributed by atoms with Crippen LogP contribution in [0.3, 0.4) is 0 Å². The summed E-state index contributed by atoms with van der Waals surface area (Å²) in [7, 11) is 0. The number of rotatable bonds is 5. The molecule has 0 unspecified atom stereocenters. The fraction of sp³-hybridized carbons (Fsp3) is 0.833. The second kappa shape index (κ2) is 6.51.